The Bertz CT molecular complexity index is 1490. The van der Waals surface area contributed by atoms with Crippen molar-refractivity contribution in [2.75, 3.05) is 38.2 Å². The smallest absolute Gasteiger partial charge is 0.226 e. The Hall–Kier alpha value is -2.99. The standard InChI is InChI=1S/C33H37Br2N5O4/c34-27-18-22(19-28(35)32(27)42)17-25(33(43)39-13-7-24(8-14-39)23-5-11-36-12-6-23)20-31(41)38-15-9-26(10-16-38)40(44)21-37-29-3-1-2-4-30(29)40/h1-6,11-12,18-19,24-26,37,42H,7-10,13-17,20-21H2. The number of hydroxylamine groups is 2. The molecule has 2 unspecified atom stereocenters. The number of hydrogen-bond donors (Lipinski definition) is 2. The number of nitrogens with one attached hydrogen (secondary N) is 1. The maximum Gasteiger partial charge on any atom is 0.226 e. The van der Waals surface area contributed by atoms with Crippen LogP contribution in [0.4, 0.5) is 11.4 Å². The first-order valence-electron chi connectivity index (χ1n) is 15.3. The summed E-state index contributed by atoms with van der Waals surface area (Å²) in [5.74, 6) is -0.109. The van der Waals surface area contributed by atoms with Crippen molar-refractivity contribution in [1.82, 2.24) is 19.4 Å². The van der Waals surface area contributed by atoms with Crippen molar-refractivity contribution in [3.63, 3.8) is 0 Å². The number of fused-ring (bicyclic) bond motifs is 1. The highest BCUT2D eigenvalue weighted by Crippen LogP contribution is 2.41. The van der Waals surface area contributed by atoms with E-state index >= 15 is 0 Å². The van der Waals surface area contributed by atoms with Crippen LogP contribution < -0.4 is 9.96 Å². The lowest BCUT2D eigenvalue weighted by atomic mass is 9.88. The molecule has 2 aromatic carbocycles. The third-order valence-corrected chi connectivity index (χ3v) is 10.7. The van der Waals surface area contributed by atoms with Gasteiger partial charge in [0.05, 0.1) is 20.9 Å². The fraction of sp³-hybridized carbons (Fsp3) is 0.424. The number of piperidine rings is 2. The number of aromatic nitrogens is 1. The van der Waals surface area contributed by atoms with Crippen molar-refractivity contribution in [2.24, 2.45) is 5.92 Å². The van der Waals surface area contributed by atoms with Crippen LogP contribution in [-0.4, -0.2) is 70.6 Å². The molecule has 232 valence electrons. The van der Waals surface area contributed by atoms with Crippen LogP contribution in [0, 0.1) is 11.1 Å². The van der Waals surface area contributed by atoms with Crippen LogP contribution in [-0.2, 0) is 16.0 Å². The van der Waals surface area contributed by atoms with Crippen LogP contribution in [0.1, 0.15) is 49.1 Å². The molecular weight excluding hydrogens is 690 g/mol. The molecule has 4 heterocycles. The zero-order valence-electron chi connectivity index (χ0n) is 24.5. The number of rotatable bonds is 7. The van der Waals surface area contributed by atoms with Crippen LogP contribution in [0.15, 0.2) is 69.9 Å². The number of anilines is 1. The van der Waals surface area contributed by atoms with E-state index in [0.29, 0.717) is 67.0 Å². The molecule has 3 aromatic rings. The number of pyridine rings is 1. The summed E-state index contributed by atoms with van der Waals surface area (Å²) in [6, 6.07) is 15.3. The van der Waals surface area contributed by atoms with Gasteiger partial charge in [0, 0.05) is 63.9 Å². The molecule has 0 spiro atoms. The van der Waals surface area contributed by atoms with Gasteiger partial charge in [-0.05, 0) is 98.5 Å². The van der Waals surface area contributed by atoms with Gasteiger partial charge in [-0.15, -0.1) is 0 Å². The van der Waals surface area contributed by atoms with Crippen molar-refractivity contribution >= 4 is 55.0 Å². The first-order chi connectivity index (χ1) is 21.2. The van der Waals surface area contributed by atoms with Gasteiger partial charge in [-0.1, -0.05) is 12.1 Å². The number of nitrogens with zero attached hydrogens (tertiary/aromatic N) is 4. The number of hydrogen-bond acceptors (Lipinski definition) is 6. The summed E-state index contributed by atoms with van der Waals surface area (Å²) in [6.07, 6.45) is 7.07. The molecule has 44 heavy (non-hydrogen) atoms. The number of phenols is 1. The van der Waals surface area contributed by atoms with E-state index in [1.807, 2.05) is 70.7 Å². The molecular formula is C33H37Br2N5O4. The molecule has 11 heteroatoms. The molecule has 9 nitrogen and oxygen atoms in total. The van der Waals surface area contributed by atoms with Crippen LogP contribution in [0.3, 0.4) is 0 Å². The second kappa shape index (κ2) is 13.2. The number of aromatic hydroxyl groups is 1. The van der Waals surface area contributed by atoms with E-state index < -0.39 is 10.6 Å². The molecule has 2 atom stereocenters. The lowest BCUT2D eigenvalue weighted by molar-refractivity contribution is -0.142. The van der Waals surface area contributed by atoms with Crippen molar-refractivity contribution < 1.29 is 14.7 Å². The molecule has 2 N–H and O–H groups in total. The van der Waals surface area contributed by atoms with Gasteiger partial charge in [0.1, 0.15) is 11.4 Å². The first-order valence-corrected chi connectivity index (χ1v) is 16.9. The Morgan fingerprint density at radius 1 is 0.977 bits per heavy atom. The Kier molecular flexibility index (Phi) is 9.28. The minimum Gasteiger partial charge on any atom is -0.626 e. The Morgan fingerprint density at radius 2 is 1.61 bits per heavy atom. The molecule has 3 aliphatic rings. The van der Waals surface area contributed by atoms with E-state index in [1.54, 1.807) is 0 Å². The van der Waals surface area contributed by atoms with Crippen LogP contribution >= 0.6 is 31.9 Å². The maximum atomic E-state index is 14.0. The number of likely N-dealkylation sites (tertiary alicyclic amines) is 2. The molecule has 0 radical (unpaired) electrons. The second-order valence-corrected chi connectivity index (χ2v) is 13.9. The zero-order chi connectivity index (χ0) is 30.8. The van der Waals surface area contributed by atoms with Gasteiger partial charge in [-0.2, -0.15) is 0 Å². The van der Waals surface area contributed by atoms with Crippen molar-refractivity contribution in [3.05, 3.63) is 86.2 Å². The van der Waals surface area contributed by atoms with Gasteiger partial charge < -0.3 is 30.1 Å². The van der Waals surface area contributed by atoms with Crippen LogP contribution in [0.5, 0.6) is 5.75 Å². The number of halogens is 2. The Labute approximate surface area is 274 Å². The lowest BCUT2D eigenvalue weighted by Gasteiger charge is -2.47. The van der Waals surface area contributed by atoms with E-state index in [4.69, 9.17) is 0 Å². The first kappa shape index (κ1) is 31.0. The fourth-order valence-electron chi connectivity index (χ4n) is 7.03. The summed E-state index contributed by atoms with van der Waals surface area (Å²) in [4.78, 5) is 35.6. The number of para-hydroxylation sites is 2. The molecule has 2 fully saturated rings. The summed E-state index contributed by atoms with van der Waals surface area (Å²) in [5, 5.41) is 27.4. The van der Waals surface area contributed by atoms with Crippen LogP contribution in [0.2, 0.25) is 0 Å². The second-order valence-electron chi connectivity index (χ2n) is 12.2. The normalized spacial score (nSPS) is 21.5. The molecule has 3 aliphatic heterocycles. The lowest BCUT2D eigenvalue weighted by Crippen LogP contribution is -2.56. The van der Waals surface area contributed by atoms with E-state index in [2.05, 4.69) is 42.2 Å². The summed E-state index contributed by atoms with van der Waals surface area (Å²) in [7, 11) is 0. The highest BCUT2D eigenvalue weighted by Gasteiger charge is 2.40. The summed E-state index contributed by atoms with van der Waals surface area (Å²) < 4.78 is 0.666. The Balaban J connectivity index is 1.13. The van der Waals surface area contributed by atoms with Gasteiger partial charge in [0.15, 0.2) is 12.4 Å². The molecule has 0 bridgehead atoms. The van der Waals surface area contributed by atoms with Gasteiger partial charge in [0.2, 0.25) is 11.8 Å². The van der Waals surface area contributed by atoms with Crippen LogP contribution in [0.25, 0.3) is 0 Å². The van der Waals surface area contributed by atoms with Gasteiger partial charge in [0.25, 0.3) is 0 Å². The highest BCUT2D eigenvalue weighted by molar-refractivity contribution is 9.11. The summed E-state index contributed by atoms with van der Waals surface area (Å²) in [6.45, 7) is 2.60. The van der Waals surface area contributed by atoms with E-state index in [-0.39, 0.29) is 30.0 Å². The van der Waals surface area contributed by atoms with Crippen molar-refractivity contribution in [1.29, 1.82) is 0 Å². The molecule has 0 aliphatic carbocycles. The van der Waals surface area contributed by atoms with Gasteiger partial charge >= 0.3 is 0 Å². The Morgan fingerprint density at radius 3 is 2.30 bits per heavy atom. The molecule has 2 amide bonds. The predicted molar refractivity (Wildman–Crippen MR) is 178 cm³/mol. The van der Waals surface area contributed by atoms with E-state index in [0.717, 1.165) is 29.8 Å². The minimum atomic E-state index is -0.534. The molecule has 0 saturated carbocycles. The SMILES string of the molecule is O=C(CC(Cc1cc(Br)c(O)c(Br)c1)C(=O)N1CCC(c2ccncc2)CC1)N1CCC([N+]2([O-])CNc3ccccc32)CC1. The highest BCUT2D eigenvalue weighted by atomic mass is 79.9. The zero-order valence-corrected chi connectivity index (χ0v) is 27.7. The monoisotopic (exact) mass is 725 g/mol. The topological polar surface area (TPSA) is 109 Å². The summed E-state index contributed by atoms with van der Waals surface area (Å²) >= 11 is 6.81. The van der Waals surface area contributed by atoms with E-state index in [9.17, 15) is 19.9 Å². The van der Waals surface area contributed by atoms with E-state index in [1.165, 1.54) is 5.56 Å². The average molecular weight is 727 g/mol. The largest absolute Gasteiger partial charge is 0.626 e. The predicted octanol–water partition coefficient (Wildman–Crippen LogP) is 6.15. The third kappa shape index (κ3) is 6.38. The number of phenolic OH excluding ortho intramolecular Hbond substituents is 1. The maximum absolute atomic E-state index is 14.0. The third-order valence-electron chi connectivity index (χ3n) is 9.54. The minimum absolute atomic E-state index is 0.00875. The average Bonchev–Trinajstić information content (AvgIpc) is 3.41. The van der Waals surface area contributed by atoms with Gasteiger partial charge in [-0.25, -0.2) is 0 Å². The van der Waals surface area contributed by atoms with Crippen molar-refractivity contribution in [2.45, 2.75) is 50.5 Å². The number of carbonyl (C=O) groups is 2. The molecule has 1 aromatic heterocycles. The summed E-state index contributed by atoms with van der Waals surface area (Å²) in [5.41, 5.74) is 3.76. The number of benzene rings is 2. The number of carbonyl (C=O) groups excluding carboxylic acids is 2. The molecule has 6 rings (SSSR count). The van der Waals surface area contributed by atoms with Gasteiger partial charge in [-0.3, -0.25) is 14.6 Å². The number of quaternary nitrogens is 1. The molecule has 2 saturated heterocycles. The van der Waals surface area contributed by atoms with Crippen molar-refractivity contribution in [3.8, 4) is 5.75 Å². The fourth-order valence-corrected chi connectivity index (χ4v) is 8.31. The quantitative estimate of drug-likeness (QED) is 0.224. The number of amides is 2.